The van der Waals surface area contributed by atoms with Crippen LogP contribution >= 0.6 is 11.6 Å². The van der Waals surface area contributed by atoms with Crippen LogP contribution in [0.1, 0.15) is 26.4 Å². The Morgan fingerprint density at radius 1 is 0.963 bits per heavy atom. The second-order valence-corrected chi connectivity index (χ2v) is 6.07. The van der Waals surface area contributed by atoms with E-state index in [1.165, 1.54) is 30.3 Å². The summed E-state index contributed by atoms with van der Waals surface area (Å²) in [4.78, 5) is 28.5. The van der Waals surface area contributed by atoms with Gasteiger partial charge in [0.05, 0.1) is 17.3 Å². The lowest BCUT2D eigenvalue weighted by molar-refractivity contribution is 0.0948. The number of pyridine rings is 1. The Labute approximate surface area is 160 Å². The molecule has 1 heterocycles. The molecule has 0 fully saturated rings. The van der Waals surface area contributed by atoms with Gasteiger partial charge in [-0.05, 0) is 54.6 Å². The summed E-state index contributed by atoms with van der Waals surface area (Å²) in [6.07, 6.45) is 1.66. The molecule has 1 aromatic heterocycles. The summed E-state index contributed by atoms with van der Waals surface area (Å²) in [6, 6.07) is 15.6. The number of aromatic nitrogens is 1. The number of hydrogen-bond acceptors (Lipinski definition) is 3. The second kappa shape index (κ2) is 8.42. The van der Waals surface area contributed by atoms with Crippen molar-refractivity contribution in [2.45, 2.75) is 6.54 Å². The molecule has 136 valence electrons. The molecule has 0 spiro atoms. The minimum absolute atomic E-state index is 0.0762. The molecule has 3 aromatic rings. The lowest BCUT2D eigenvalue weighted by atomic mass is 10.1. The molecule has 3 rings (SSSR count). The van der Waals surface area contributed by atoms with E-state index in [9.17, 15) is 14.0 Å². The predicted molar refractivity (Wildman–Crippen MR) is 101 cm³/mol. The summed E-state index contributed by atoms with van der Waals surface area (Å²) in [5, 5.41) is 5.31. The van der Waals surface area contributed by atoms with Crippen LogP contribution < -0.4 is 10.6 Å². The van der Waals surface area contributed by atoms with Gasteiger partial charge >= 0.3 is 0 Å². The van der Waals surface area contributed by atoms with Crippen LogP contribution in [0.15, 0.2) is 66.9 Å². The van der Waals surface area contributed by atoms with Gasteiger partial charge in [0, 0.05) is 23.0 Å². The van der Waals surface area contributed by atoms with Gasteiger partial charge in [0.1, 0.15) is 5.82 Å². The molecular weight excluding hydrogens is 369 g/mol. The third kappa shape index (κ3) is 4.89. The maximum atomic E-state index is 13.2. The van der Waals surface area contributed by atoms with Crippen LogP contribution in [0, 0.1) is 5.82 Å². The minimum atomic E-state index is -0.560. The van der Waals surface area contributed by atoms with E-state index in [2.05, 4.69) is 15.6 Å². The first-order chi connectivity index (χ1) is 13.0. The first-order valence-corrected chi connectivity index (χ1v) is 8.45. The molecule has 0 aliphatic carbocycles. The van der Waals surface area contributed by atoms with Crippen LogP contribution in [0.2, 0.25) is 5.02 Å². The highest BCUT2D eigenvalue weighted by Gasteiger charge is 2.10. The maximum absolute atomic E-state index is 13.2. The molecule has 0 saturated carbocycles. The fraction of sp³-hybridized carbons (Fsp3) is 0.0500. The number of rotatable bonds is 5. The van der Waals surface area contributed by atoms with Crippen LogP contribution in [0.5, 0.6) is 0 Å². The van der Waals surface area contributed by atoms with Gasteiger partial charge in [-0.15, -0.1) is 0 Å². The lowest BCUT2D eigenvalue weighted by Crippen LogP contribution is -2.23. The van der Waals surface area contributed by atoms with E-state index in [0.717, 1.165) is 5.69 Å². The summed E-state index contributed by atoms with van der Waals surface area (Å²) in [6.45, 7) is 0.313. The van der Waals surface area contributed by atoms with Crippen LogP contribution in [0.4, 0.5) is 10.1 Å². The van der Waals surface area contributed by atoms with E-state index in [1.807, 2.05) is 12.1 Å². The van der Waals surface area contributed by atoms with Gasteiger partial charge in [-0.3, -0.25) is 14.6 Å². The zero-order valence-electron chi connectivity index (χ0n) is 14.1. The SMILES string of the molecule is O=C(NCc1ccccn1)c1ccc(C(=O)Nc2ccc(F)c(Cl)c2)cc1. The Morgan fingerprint density at radius 3 is 2.30 bits per heavy atom. The Morgan fingerprint density at radius 2 is 1.67 bits per heavy atom. The van der Waals surface area contributed by atoms with Crippen LogP contribution in [-0.4, -0.2) is 16.8 Å². The topological polar surface area (TPSA) is 71.1 Å². The molecular formula is C20H15ClFN3O2. The average molecular weight is 384 g/mol. The molecule has 0 saturated heterocycles. The molecule has 2 N–H and O–H groups in total. The van der Waals surface area contributed by atoms with Crippen molar-refractivity contribution in [2.24, 2.45) is 0 Å². The third-order valence-electron chi connectivity index (χ3n) is 3.74. The van der Waals surface area contributed by atoms with Crippen LogP contribution in [0.3, 0.4) is 0 Å². The number of nitrogens with zero attached hydrogens (tertiary/aromatic N) is 1. The third-order valence-corrected chi connectivity index (χ3v) is 4.03. The molecule has 0 aliphatic heterocycles. The molecule has 2 aromatic carbocycles. The van der Waals surface area contributed by atoms with Crippen LogP contribution in [-0.2, 0) is 6.54 Å². The number of anilines is 1. The Bertz CT molecular complexity index is 963. The van der Waals surface area contributed by atoms with Gasteiger partial charge in [-0.2, -0.15) is 0 Å². The van der Waals surface area contributed by atoms with E-state index in [1.54, 1.807) is 24.4 Å². The highest BCUT2D eigenvalue weighted by molar-refractivity contribution is 6.31. The number of carbonyl (C=O) groups is 2. The first kappa shape index (κ1) is 18.5. The molecule has 7 heteroatoms. The number of carbonyl (C=O) groups excluding carboxylic acids is 2. The second-order valence-electron chi connectivity index (χ2n) is 5.66. The molecule has 0 atom stereocenters. The quantitative estimate of drug-likeness (QED) is 0.698. The summed E-state index contributed by atoms with van der Waals surface area (Å²) in [7, 11) is 0. The molecule has 0 bridgehead atoms. The van der Waals surface area contributed by atoms with Crippen molar-refractivity contribution >= 4 is 29.1 Å². The number of halogens is 2. The minimum Gasteiger partial charge on any atom is -0.346 e. The van der Waals surface area contributed by atoms with Crippen molar-refractivity contribution < 1.29 is 14.0 Å². The van der Waals surface area contributed by atoms with Crippen molar-refractivity contribution in [3.8, 4) is 0 Å². The fourth-order valence-corrected chi connectivity index (χ4v) is 2.51. The highest BCUT2D eigenvalue weighted by atomic mass is 35.5. The van der Waals surface area contributed by atoms with Gasteiger partial charge in [-0.1, -0.05) is 17.7 Å². The van der Waals surface area contributed by atoms with E-state index in [4.69, 9.17) is 11.6 Å². The zero-order chi connectivity index (χ0) is 19.2. The van der Waals surface area contributed by atoms with Crippen molar-refractivity contribution in [1.82, 2.24) is 10.3 Å². The number of nitrogens with one attached hydrogen (secondary N) is 2. The van der Waals surface area contributed by atoms with Gasteiger partial charge < -0.3 is 10.6 Å². The fourth-order valence-electron chi connectivity index (χ4n) is 2.33. The lowest BCUT2D eigenvalue weighted by Gasteiger charge is -2.08. The van der Waals surface area contributed by atoms with E-state index < -0.39 is 11.7 Å². The predicted octanol–water partition coefficient (Wildman–Crippen LogP) is 4.06. The van der Waals surface area contributed by atoms with E-state index >= 15 is 0 Å². The van der Waals surface area contributed by atoms with Gasteiger partial charge in [0.2, 0.25) is 0 Å². The normalized spacial score (nSPS) is 10.3. The number of benzene rings is 2. The summed E-state index contributed by atoms with van der Waals surface area (Å²) < 4.78 is 13.2. The first-order valence-electron chi connectivity index (χ1n) is 8.07. The summed E-state index contributed by atoms with van der Waals surface area (Å²) >= 11 is 5.70. The van der Waals surface area contributed by atoms with Crippen molar-refractivity contribution in [2.75, 3.05) is 5.32 Å². The molecule has 0 aliphatic rings. The van der Waals surface area contributed by atoms with Crippen molar-refractivity contribution in [1.29, 1.82) is 0 Å². The summed E-state index contributed by atoms with van der Waals surface area (Å²) in [5.41, 5.74) is 1.91. The molecule has 0 radical (unpaired) electrons. The monoisotopic (exact) mass is 383 g/mol. The van der Waals surface area contributed by atoms with Gasteiger partial charge in [0.25, 0.3) is 11.8 Å². The maximum Gasteiger partial charge on any atom is 0.255 e. The smallest absolute Gasteiger partial charge is 0.255 e. The van der Waals surface area contributed by atoms with Crippen molar-refractivity contribution in [3.05, 3.63) is 94.5 Å². The van der Waals surface area contributed by atoms with E-state index in [0.29, 0.717) is 23.4 Å². The molecule has 2 amide bonds. The number of amides is 2. The van der Waals surface area contributed by atoms with Gasteiger partial charge in [-0.25, -0.2) is 4.39 Å². The zero-order valence-corrected chi connectivity index (χ0v) is 14.8. The summed E-state index contributed by atoms with van der Waals surface area (Å²) in [5.74, 6) is -1.22. The molecule has 0 unspecified atom stereocenters. The highest BCUT2D eigenvalue weighted by Crippen LogP contribution is 2.20. The largest absolute Gasteiger partial charge is 0.346 e. The average Bonchev–Trinajstić information content (AvgIpc) is 2.70. The molecule has 5 nitrogen and oxygen atoms in total. The van der Waals surface area contributed by atoms with Crippen molar-refractivity contribution in [3.63, 3.8) is 0 Å². The Balaban J connectivity index is 1.61. The Hall–Kier alpha value is -3.25. The number of hydrogen-bond donors (Lipinski definition) is 2. The van der Waals surface area contributed by atoms with E-state index in [-0.39, 0.29) is 10.9 Å². The standard InChI is InChI=1S/C20H15ClFN3O2/c21-17-11-15(8-9-18(17)22)25-20(27)14-6-4-13(5-7-14)19(26)24-12-16-3-1-2-10-23-16/h1-11H,12H2,(H,24,26)(H,25,27). The molecule has 27 heavy (non-hydrogen) atoms. The van der Waals surface area contributed by atoms with Gasteiger partial charge in [0.15, 0.2) is 0 Å². The Kier molecular flexibility index (Phi) is 5.78. The van der Waals surface area contributed by atoms with Crippen LogP contribution in [0.25, 0.3) is 0 Å².